The van der Waals surface area contributed by atoms with Gasteiger partial charge in [0.25, 0.3) is 5.91 Å². The van der Waals surface area contributed by atoms with Gasteiger partial charge in [-0.3, -0.25) is 4.79 Å². The number of aromatic amines is 1. The van der Waals surface area contributed by atoms with Crippen molar-refractivity contribution in [2.45, 2.75) is 5.16 Å². The van der Waals surface area contributed by atoms with Gasteiger partial charge in [0.05, 0.1) is 11.9 Å². The summed E-state index contributed by atoms with van der Waals surface area (Å²) in [5.41, 5.74) is 2.62. The fourth-order valence-electron chi connectivity index (χ4n) is 2.20. The second-order valence-electron chi connectivity index (χ2n) is 5.22. The molecule has 0 spiro atoms. The Hall–Kier alpha value is -1.76. The summed E-state index contributed by atoms with van der Waals surface area (Å²) in [6, 6.07) is 14.9. The Morgan fingerprint density at radius 3 is 2.80 bits per heavy atom. The van der Waals surface area contributed by atoms with Gasteiger partial charge in [-0.05, 0) is 35.9 Å². The molecular formula is C18H15BrClN3OS. The Kier molecular flexibility index (Phi) is 6.18. The maximum absolute atomic E-state index is 12.0. The Bertz CT molecular complexity index is 867. The predicted molar refractivity (Wildman–Crippen MR) is 106 cm³/mol. The standard InChI is InChI=1S/C18H15BrClN3OS/c19-14-3-1-2-13(10-14)17(24)21-8-9-25-18-22-11-16(23-18)12-4-6-15(20)7-5-12/h1-7,10-11H,8-9H2,(H,21,24)(H,22,23). The van der Waals surface area contributed by atoms with Crippen LogP contribution in [0, 0.1) is 0 Å². The van der Waals surface area contributed by atoms with E-state index in [0.717, 1.165) is 26.6 Å². The summed E-state index contributed by atoms with van der Waals surface area (Å²) in [5.74, 6) is 0.649. The van der Waals surface area contributed by atoms with Gasteiger partial charge in [0, 0.05) is 27.4 Å². The van der Waals surface area contributed by atoms with E-state index >= 15 is 0 Å². The van der Waals surface area contributed by atoms with Crippen molar-refractivity contribution in [2.75, 3.05) is 12.3 Å². The molecule has 0 bridgehead atoms. The van der Waals surface area contributed by atoms with Crippen molar-refractivity contribution in [2.24, 2.45) is 0 Å². The van der Waals surface area contributed by atoms with Crippen LogP contribution in [-0.2, 0) is 0 Å². The molecular weight excluding hydrogens is 422 g/mol. The summed E-state index contributed by atoms with van der Waals surface area (Å²) >= 11 is 10.8. The largest absolute Gasteiger partial charge is 0.351 e. The van der Waals surface area contributed by atoms with Crippen LogP contribution in [0.2, 0.25) is 5.02 Å². The molecule has 0 unspecified atom stereocenters. The molecule has 2 aromatic carbocycles. The topological polar surface area (TPSA) is 57.8 Å². The number of amides is 1. The highest BCUT2D eigenvalue weighted by molar-refractivity contribution is 9.10. The lowest BCUT2D eigenvalue weighted by Crippen LogP contribution is -2.25. The lowest BCUT2D eigenvalue weighted by molar-refractivity contribution is 0.0956. The van der Waals surface area contributed by atoms with E-state index in [1.54, 1.807) is 30.1 Å². The van der Waals surface area contributed by atoms with E-state index < -0.39 is 0 Å². The number of hydrogen-bond acceptors (Lipinski definition) is 3. The lowest BCUT2D eigenvalue weighted by atomic mass is 10.2. The summed E-state index contributed by atoms with van der Waals surface area (Å²) < 4.78 is 0.889. The maximum atomic E-state index is 12.0. The first-order chi connectivity index (χ1) is 12.1. The molecule has 1 heterocycles. The molecule has 0 atom stereocenters. The second kappa shape index (κ2) is 8.56. The van der Waals surface area contributed by atoms with Crippen LogP contribution in [0.25, 0.3) is 11.3 Å². The summed E-state index contributed by atoms with van der Waals surface area (Å²) in [5, 5.41) is 4.43. The van der Waals surface area contributed by atoms with E-state index in [4.69, 9.17) is 11.6 Å². The Morgan fingerprint density at radius 1 is 1.24 bits per heavy atom. The number of benzene rings is 2. The number of rotatable bonds is 6. The molecule has 2 N–H and O–H groups in total. The first-order valence-corrected chi connectivity index (χ1v) is 9.75. The zero-order valence-electron chi connectivity index (χ0n) is 13.1. The van der Waals surface area contributed by atoms with Gasteiger partial charge < -0.3 is 10.3 Å². The lowest BCUT2D eigenvalue weighted by Gasteiger charge is -2.04. The van der Waals surface area contributed by atoms with Crippen molar-refractivity contribution in [1.82, 2.24) is 15.3 Å². The summed E-state index contributed by atoms with van der Waals surface area (Å²) in [7, 11) is 0. The van der Waals surface area contributed by atoms with E-state index in [1.807, 2.05) is 36.4 Å². The number of carbonyl (C=O) groups excluding carboxylic acids is 1. The first-order valence-electron chi connectivity index (χ1n) is 7.59. The van der Waals surface area contributed by atoms with Gasteiger partial charge in [-0.15, -0.1) is 0 Å². The third-order valence-electron chi connectivity index (χ3n) is 3.42. The number of nitrogens with zero attached hydrogens (tertiary/aromatic N) is 1. The highest BCUT2D eigenvalue weighted by Gasteiger charge is 2.06. The molecule has 128 valence electrons. The molecule has 0 aliphatic heterocycles. The van der Waals surface area contributed by atoms with Gasteiger partial charge in [-0.25, -0.2) is 4.98 Å². The Balaban J connectivity index is 1.48. The monoisotopic (exact) mass is 435 g/mol. The van der Waals surface area contributed by atoms with Crippen molar-refractivity contribution in [3.8, 4) is 11.3 Å². The van der Waals surface area contributed by atoms with Crippen molar-refractivity contribution in [3.05, 3.63) is 69.8 Å². The van der Waals surface area contributed by atoms with E-state index in [0.29, 0.717) is 17.1 Å². The number of carbonyl (C=O) groups is 1. The molecule has 4 nitrogen and oxygen atoms in total. The highest BCUT2D eigenvalue weighted by Crippen LogP contribution is 2.22. The van der Waals surface area contributed by atoms with E-state index in [-0.39, 0.29) is 5.91 Å². The molecule has 1 aromatic heterocycles. The maximum Gasteiger partial charge on any atom is 0.251 e. The normalized spacial score (nSPS) is 10.6. The van der Waals surface area contributed by atoms with Crippen LogP contribution in [0.4, 0.5) is 0 Å². The number of H-pyrrole nitrogens is 1. The third kappa shape index (κ3) is 5.11. The predicted octanol–water partition coefficient (Wildman–Crippen LogP) is 5.01. The summed E-state index contributed by atoms with van der Waals surface area (Å²) in [4.78, 5) is 19.7. The second-order valence-corrected chi connectivity index (χ2v) is 7.66. The van der Waals surface area contributed by atoms with Crippen molar-refractivity contribution in [1.29, 1.82) is 0 Å². The van der Waals surface area contributed by atoms with Gasteiger partial charge in [0.15, 0.2) is 5.16 Å². The minimum absolute atomic E-state index is 0.0804. The minimum Gasteiger partial charge on any atom is -0.351 e. The molecule has 0 radical (unpaired) electrons. The SMILES string of the molecule is O=C(NCCSc1ncc(-c2ccc(Cl)cc2)[nH]1)c1cccc(Br)c1. The van der Waals surface area contributed by atoms with Crippen molar-refractivity contribution >= 4 is 45.2 Å². The molecule has 0 saturated carbocycles. The van der Waals surface area contributed by atoms with Crippen LogP contribution in [0.5, 0.6) is 0 Å². The van der Waals surface area contributed by atoms with Crippen molar-refractivity contribution < 1.29 is 4.79 Å². The summed E-state index contributed by atoms with van der Waals surface area (Å²) in [6.45, 7) is 0.562. The highest BCUT2D eigenvalue weighted by atomic mass is 79.9. The number of imidazole rings is 1. The first kappa shape index (κ1) is 18.0. The van der Waals surface area contributed by atoms with Crippen LogP contribution in [-0.4, -0.2) is 28.2 Å². The molecule has 0 fully saturated rings. The fraction of sp³-hybridized carbons (Fsp3) is 0.111. The van der Waals surface area contributed by atoms with Crippen LogP contribution in [0.3, 0.4) is 0 Å². The molecule has 3 rings (SSSR count). The smallest absolute Gasteiger partial charge is 0.251 e. The molecule has 1 amide bonds. The molecule has 0 saturated heterocycles. The average molecular weight is 437 g/mol. The average Bonchev–Trinajstić information content (AvgIpc) is 3.08. The number of thioether (sulfide) groups is 1. The van der Waals surface area contributed by atoms with Gasteiger partial charge >= 0.3 is 0 Å². The number of aromatic nitrogens is 2. The molecule has 0 aliphatic rings. The Labute approximate surface area is 163 Å². The minimum atomic E-state index is -0.0804. The number of hydrogen-bond donors (Lipinski definition) is 2. The van der Waals surface area contributed by atoms with E-state index in [2.05, 4.69) is 31.2 Å². The van der Waals surface area contributed by atoms with Gasteiger partial charge in [0.2, 0.25) is 0 Å². The van der Waals surface area contributed by atoms with Crippen LogP contribution >= 0.6 is 39.3 Å². The molecule has 7 heteroatoms. The quantitative estimate of drug-likeness (QED) is 0.421. The van der Waals surface area contributed by atoms with Crippen LogP contribution < -0.4 is 5.32 Å². The molecule has 25 heavy (non-hydrogen) atoms. The molecule has 0 aliphatic carbocycles. The van der Waals surface area contributed by atoms with Crippen LogP contribution in [0.15, 0.2) is 64.4 Å². The van der Waals surface area contributed by atoms with Crippen molar-refractivity contribution in [3.63, 3.8) is 0 Å². The summed E-state index contributed by atoms with van der Waals surface area (Å²) in [6.07, 6.45) is 1.80. The fourth-order valence-corrected chi connectivity index (χ4v) is 3.43. The molecule has 3 aromatic rings. The van der Waals surface area contributed by atoms with E-state index in [1.165, 1.54) is 0 Å². The van der Waals surface area contributed by atoms with Gasteiger partial charge in [-0.1, -0.05) is 57.5 Å². The van der Waals surface area contributed by atoms with Gasteiger partial charge in [0.1, 0.15) is 0 Å². The number of nitrogens with one attached hydrogen (secondary N) is 2. The van der Waals surface area contributed by atoms with Gasteiger partial charge in [-0.2, -0.15) is 0 Å². The third-order valence-corrected chi connectivity index (χ3v) is 5.06. The van der Waals surface area contributed by atoms with E-state index in [9.17, 15) is 4.79 Å². The number of halogens is 2. The zero-order valence-corrected chi connectivity index (χ0v) is 16.3. The Morgan fingerprint density at radius 2 is 2.04 bits per heavy atom. The zero-order chi connectivity index (χ0) is 17.6. The van der Waals surface area contributed by atoms with Crippen LogP contribution in [0.1, 0.15) is 10.4 Å².